The van der Waals surface area contributed by atoms with Crippen molar-refractivity contribution in [1.29, 1.82) is 0 Å². The highest BCUT2D eigenvalue weighted by molar-refractivity contribution is 5.86. The third-order valence-corrected chi connectivity index (χ3v) is 4.38. The number of aromatic nitrogens is 2. The van der Waals surface area contributed by atoms with Crippen LogP contribution in [0.5, 0.6) is 0 Å². The molecule has 0 spiro atoms. The lowest BCUT2D eigenvalue weighted by molar-refractivity contribution is -0.151. The molecule has 2 aromatic rings. The minimum Gasteiger partial charge on any atom is -0.467 e. The number of benzene rings is 1. The standard InChI is InChI=1S/C19H23N3O6/c1-4-12(2)17(19(26)27-3)21-15(23)10-28-16(24)9-22-11-20-14-8-6-5-7-13(14)18(22)25/h5-8,11-12,17H,4,9-10H2,1-3H3,(H,21,23)/t12-,17+/m1/s1. The summed E-state index contributed by atoms with van der Waals surface area (Å²) in [5.74, 6) is -2.11. The zero-order valence-electron chi connectivity index (χ0n) is 16.0. The Morgan fingerprint density at radius 3 is 2.64 bits per heavy atom. The topological polar surface area (TPSA) is 117 Å². The number of hydrogen-bond donors (Lipinski definition) is 1. The monoisotopic (exact) mass is 389 g/mol. The lowest BCUT2D eigenvalue weighted by Crippen LogP contribution is -2.47. The van der Waals surface area contributed by atoms with Gasteiger partial charge in [-0.2, -0.15) is 0 Å². The molecule has 1 amide bonds. The van der Waals surface area contributed by atoms with Gasteiger partial charge in [0.05, 0.1) is 24.3 Å². The average molecular weight is 389 g/mol. The predicted octanol–water partition coefficient (Wildman–Crippen LogP) is 0.644. The molecule has 1 heterocycles. The summed E-state index contributed by atoms with van der Waals surface area (Å²) in [6.07, 6.45) is 1.90. The highest BCUT2D eigenvalue weighted by Crippen LogP contribution is 2.09. The fourth-order valence-electron chi connectivity index (χ4n) is 2.56. The summed E-state index contributed by atoms with van der Waals surface area (Å²) in [6.45, 7) is 2.73. The number of fused-ring (bicyclic) bond motifs is 1. The second-order valence-electron chi connectivity index (χ2n) is 6.31. The molecule has 0 saturated heterocycles. The van der Waals surface area contributed by atoms with E-state index < -0.39 is 30.5 Å². The SMILES string of the molecule is CC[C@@H](C)[C@H](NC(=O)COC(=O)Cn1cnc2ccccc2c1=O)C(=O)OC. The van der Waals surface area contributed by atoms with Crippen LogP contribution in [0.3, 0.4) is 0 Å². The maximum absolute atomic E-state index is 12.3. The Morgan fingerprint density at radius 1 is 1.25 bits per heavy atom. The molecule has 0 saturated carbocycles. The van der Waals surface area contributed by atoms with E-state index in [9.17, 15) is 19.2 Å². The van der Waals surface area contributed by atoms with Crippen molar-refractivity contribution in [3.05, 3.63) is 40.9 Å². The van der Waals surface area contributed by atoms with Crippen molar-refractivity contribution < 1.29 is 23.9 Å². The molecular weight excluding hydrogens is 366 g/mol. The maximum Gasteiger partial charge on any atom is 0.328 e. The molecule has 0 fully saturated rings. The fourth-order valence-corrected chi connectivity index (χ4v) is 2.56. The van der Waals surface area contributed by atoms with Crippen LogP contribution in [0.15, 0.2) is 35.4 Å². The van der Waals surface area contributed by atoms with Crippen molar-refractivity contribution >= 4 is 28.7 Å². The molecular formula is C19H23N3O6. The van der Waals surface area contributed by atoms with Gasteiger partial charge in [0.1, 0.15) is 12.6 Å². The number of methoxy groups -OCH3 is 1. The zero-order valence-corrected chi connectivity index (χ0v) is 16.0. The van der Waals surface area contributed by atoms with Gasteiger partial charge in [0, 0.05) is 0 Å². The molecule has 0 aliphatic carbocycles. The fraction of sp³-hybridized carbons (Fsp3) is 0.421. The summed E-state index contributed by atoms with van der Waals surface area (Å²) in [6, 6.07) is 5.94. The molecule has 0 unspecified atom stereocenters. The van der Waals surface area contributed by atoms with Gasteiger partial charge in [-0.3, -0.25) is 19.0 Å². The number of carbonyl (C=O) groups is 3. The van der Waals surface area contributed by atoms with Gasteiger partial charge in [0.25, 0.3) is 11.5 Å². The number of ether oxygens (including phenoxy) is 2. The Balaban J connectivity index is 1.95. The number of nitrogens with zero attached hydrogens (tertiary/aromatic N) is 2. The average Bonchev–Trinajstić information content (AvgIpc) is 2.71. The summed E-state index contributed by atoms with van der Waals surface area (Å²) in [4.78, 5) is 52.2. The van der Waals surface area contributed by atoms with Crippen LogP contribution in [0.1, 0.15) is 20.3 Å². The number of rotatable bonds is 8. The van der Waals surface area contributed by atoms with Gasteiger partial charge in [0.15, 0.2) is 6.61 Å². The Morgan fingerprint density at radius 2 is 1.96 bits per heavy atom. The van der Waals surface area contributed by atoms with E-state index >= 15 is 0 Å². The molecule has 1 aromatic heterocycles. The number of amides is 1. The molecule has 0 radical (unpaired) electrons. The maximum atomic E-state index is 12.3. The molecule has 150 valence electrons. The highest BCUT2D eigenvalue weighted by atomic mass is 16.5. The van der Waals surface area contributed by atoms with Crippen molar-refractivity contribution in [3.63, 3.8) is 0 Å². The van der Waals surface area contributed by atoms with Crippen molar-refractivity contribution in [3.8, 4) is 0 Å². The van der Waals surface area contributed by atoms with E-state index in [0.29, 0.717) is 17.3 Å². The van der Waals surface area contributed by atoms with E-state index in [2.05, 4.69) is 15.0 Å². The van der Waals surface area contributed by atoms with E-state index in [1.54, 1.807) is 31.2 Å². The second-order valence-corrected chi connectivity index (χ2v) is 6.31. The van der Waals surface area contributed by atoms with E-state index in [0.717, 1.165) is 4.57 Å². The van der Waals surface area contributed by atoms with Crippen LogP contribution in [-0.2, 0) is 30.4 Å². The number of nitrogens with one attached hydrogen (secondary N) is 1. The van der Waals surface area contributed by atoms with Crippen LogP contribution < -0.4 is 10.9 Å². The molecule has 2 atom stereocenters. The summed E-state index contributed by atoms with van der Waals surface area (Å²) in [5, 5.41) is 2.88. The zero-order chi connectivity index (χ0) is 20.7. The normalized spacial score (nSPS) is 12.8. The van der Waals surface area contributed by atoms with E-state index in [4.69, 9.17) is 4.74 Å². The first-order valence-electron chi connectivity index (χ1n) is 8.84. The van der Waals surface area contributed by atoms with Crippen molar-refractivity contribution in [2.45, 2.75) is 32.9 Å². The molecule has 2 rings (SSSR count). The third-order valence-electron chi connectivity index (χ3n) is 4.38. The molecule has 1 aromatic carbocycles. The summed E-state index contributed by atoms with van der Waals surface area (Å²) >= 11 is 0. The molecule has 0 bridgehead atoms. The number of para-hydroxylation sites is 1. The molecule has 0 aliphatic rings. The Kier molecular flexibility index (Phi) is 7.25. The Labute approximate surface area is 161 Å². The van der Waals surface area contributed by atoms with Crippen molar-refractivity contribution in [2.75, 3.05) is 13.7 Å². The van der Waals surface area contributed by atoms with Gasteiger partial charge < -0.3 is 14.8 Å². The Bertz CT molecular complexity index is 923. The summed E-state index contributed by atoms with van der Waals surface area (Å²) in [7, 11) is 1.24. The second kappa shape index (κ2) is 9.63. The van der Waals surface area contributed by atoms with Crippen LogP contribution in [0.25, 0.3) is 10.9 Å². The minimum absolute atomic E-state index is 0.144. The minimum atomic E-state index is -0.825. The lowest BCUT2D eigenvalue weighted by atomic mass is 9.99. The van der Waals surface area contributed by atoms with Crippen molar-refractivity contribution in [1.82, 2.24) is 14.9 Å². The van der Waals surface area contributed by atoms with E-state index in [1.807, 2.05) is 6.92 Å². The van der Waals surface area contributed by atoms with Crippen LogP contribution in [0.4, 0.5) is 0 Å². The third kappa shape index (κ3) is 5.15. The van der Waals surface area contributed by atoms with Gasteiger partial charge in [0.2, 0.25) is 0 Å². The summed E-state index contributed by atoms with van der Waals surface area (Å²) in [5.41, 5.74) is 0.143. The molecule has 9 nitrogen and oxygen atoms in total. The van der Waals surface area contributed by atoms with Gasteiger partial charge in [-0.05, 0) is 18.1 Å². The van der Waals surface area contributed by atoms with E-state index in [1.165, 1.54) is 13.4 Å². The number of esters is 2. The number of hydrogen-bond acceptors (Lipinski definition) is 7. The highest BCUT2D eigenvalue weighted by Gasteiger charge is 2.27. The van der Waals surface area contributed by atoms with Crippen molar-refractivity contribution in [2.24, 2.45) is 5.92 Å². The van der Waals surface area contributed by atoms with Crippen LogP contribution in [-0.4, -0.2) is 47.2 Å². The molecule has 0 aliphatic heterocycles. The Hall–Kier alpha value is -3.23. The first kappa shape index (κ1) is 21.1. The van der Waals surface area contributed by atoms with Gasteiger partial charge in [-0.1, -0.05) is 32.4 Å². The van der Waals surface area contributed by atoms with Crippen LogP contribution in [0, 0.1) is 5.92 Å². The smallest absolute Gasteiger partial charge is 0.328 e. The first-order valence-corrected chi connectivity index (χ1v) is 8.84. The van der Waals surface area contributed by atoms with E-state index in [-0.39, 0.29) is 18.0 Å². The first-order chi connectivity index (χ1) is 13.4. The summed E-state index contributed by atoms with van der Waals surface area (Å²) < 4.78 is 10.7. The van der Waals surface area contributed by atoms with Gasteiger partial charge in [-0.25, -0.2) is 9.78 Å². The quantitative estimate of drug-likeness (QED) is 0.659. The molecule has 9 heteroatoms. The van der Waals surface area contributed by atoms with Crippen LogP contribution in [0.2, 0.25) is 0 Å². The predicted molar refractivity (Wildman–Crippen MR) is 100 cm³/mol. The van der Waals surface area contributed by atoms with Gasteiger partial charge in [-0.15, -0.1) is 0 Å². The number of carbonyl (C=O) groups excluding carboxylic acids is 3. The largest absolute Gasteiger partial charge is 0.467 e. The van der Waals surface area contributed by atoms with Gasteiger partial charge >= 0.3 is 11.9 Å². The molecule has 28 heavy (non-hydrogen) atoms. The lowest BCUT2D eigenvalue weighted by Gasteiger charge is -2.21. The molecule has 1 N–H and O–H groups in total. The van der Waals surface area contributed by atoms with Crippen LogP contribution >= 0.6 is 0 Å².